The Morgan fingerprint density at radius 1 is 1.00 bits per heavy atom. The molecule has 0 saturated carbocycles. The maximum Gasteiger partial charge on any atom is 0.123 e. The van der Waals surface area contributed by atoms with Gasteiger partial charge in [0.05, 0.1) is 4.87 Å². The number of hydrogen-bond acceptors (Lipinski definition) is 0. The third-order valence-corrected chi connectivity index (χ3v) is 3.58. The Bertz CT molecular complexity index is 306. The highest BCUT2D eigenvalue weighted by molar-refractivity contribution is 6.24. The smallest absolute Gasteiger partial charge is 0.123 e. The Labute approximate surface area is 90.1 Å². The Hall–Kier alpha value is -0.560. The van der Waals surface area contributed by atoms with Crippen molar-refractivity contribution >= 4 is 11.6 Å². The zero-order valence-electron chi connectivity index (χ0n) is 9.07. The van der Waals surface area contributed by atoms with Crippen molar-refractivity contribution in [2.75, 3.05) is 0 Å². The molecule has 1 atom stereocenters. The van der Waals surface area contributed by atoms with Gasteiger partial charge >= 0.3 is 0 Å². The van der Waals surface area contributed by atoms with Crippen molar-refractivity contribution in [2.45, 2.75) is 32.6 Å². The summed E-state index contributed by atoms with van der Waals surface area (Å²) in [5.41, 5.74) is 0.889. The van der Waals surface area contributed by atoms with Gasteiger partial charge in [0.15, 0.2) is 0 Å². The number of alkyl halides is 1. The zero-order chi connectivity index (χ0) is 11.0. The summed E-state index contributed by atoms with van der Waals surface area (Å²) in [5.74, 6) is -0.227. The summed E-state index contributed by atoms with van der Waals surface area (Å²) in [7, 11) is 0. The van der Waals surface area contributed by atoms with Crippen LogP contribution in [0.1, 0.15) is 33.3 Å². The van der Waals surface area contributed by atoms with E-state index >= 15 is 0 Å². The largest absolute Gasteiger partial charge is 0.207 e. The fourth-order valence-electron chi connectivity index (χ4n) is 1.20. The van der Waals surface area contributed by atoms with E-state index in [9.17, 15) is 4.39 Å². The second-order valence-corrected chi connectivity index (χ2v) is 5.52. The zero-order valence-corrected chi connectivity index (χ0v) is 9.82. The van der Waals surface area contributed by atoms with Crippen LogP contribution in [0.4, 0.5) is 4.39 Å². The van der Waals surface area contributed by atoms with Gasteiger partial charge in [0.25, 0.3) is 0 Å². The van der Waals surface area contributed by atoms with E-state index in [4.69, 9.17) is 11.6 Å². The lowest BCUT2D eigenvalue weighted by Gasteiger charge is -2.36. The van der Waals surface area contributed by atoms with E-state index in [1.54, 1.807) is 12.1 Å². The van der Waals surface area contributed by atoms with Crippen molar-refractivity contribution in [1.29, 1.82) is 0 Å². The summed E-state index contributed by atoms with van der Waals surface area (Å²) < 4.78 is 12.7. The van der Waals surface area contributed by atoms with Crippen LogP contribution in [0, 0.1) is 11.2 Å². The van der Waals surface area contributed by atoms with Crippen LogP contribution in [-0.2, 0) is 4.87 Å². The van der Waals surface area contributed by atoms with E-state index < -0.39 is 4.87 Å². The van der Waals surface area contributed by atoms with Crippen molar-refractivity contribution < 1.29 is 4.39 Å². The second kappa shape index (κ2) is 3.54. The Morgan fingerprint density at radius 2 is 1.43 bits per heavy atom. The van der Waals surface area contributed by atoms with E-state index in [0.29, 0.717) is 0 Å². The molecule has 0 aromatic heterocycles. The third-order valence-electron chi connectivity index (χ3n) is 2.79. The summed E-state index contributed by atoms with van der Waals surface area (Å²) in [6.07, 6.45) is 0. The van der Waals surface area contributed by atoms with E-state index in [0.717, 1.165) is 5.56 Å². The SMILES string of the molecule is CC(C)(C)C(C)(Cl)c1ccc(F)cc1. The number of hydrogen-bond donors (Lipinski definition) is 0. The van der Waals surface area contributed by atoms with Gasteiger partial charge in [-0.15, -0.1) is 11.6 Å². The van der Waals surface area contributed by atoms with Gasteiger partial charge in [-0.05, 0) is 30.0 Å². The van der Waals surface area contributed by atoms with Crippen molar-refractivity contribution in [3.63, 3.8) is 0 Å². The molecule has 0 radical (unpaired) electrons. The molecule has 0 amide bonds. The molecule has 1 rings (SSSR count). The third kappa shape index (κ3) is 2.09. The fraction of sp³-hybridized carbons (Fsp3) is 0.500. The molecule has 0 aliphatic carbocycles. The average molecular weight is 215 g/mol. The minimum atomic E-state index is -0.472. The Kier molecular flexibility index (Phi) is 2.91. The molecule has 0 spiro atoms. The lowest BCUT2D eigenvalue weighted by molar-refractivity contribution is 0.296. The molecular formula is C12H16ClF. The van der Waals surface area contributed by atoms with Crippen LogP contribution in [0.2, 0.25) is 0 Å². The molecule has 1 aromatic carbocycles. The van der Waals surface area contributed by atoms with Gasteiger partial charge < -0.3 is 0 Å². The van der Waals surface area contributed by atoms with Crippen LogP contribution in [0.25, 0.3) is 0 Å². The predicted octanol–water partition coefficient (Wildman–Crippen LogP) is 4.33. The number of halogens is 2. The van der Waals surface area contributed by atoms with Crippen LogP contribution in [-0.4, -0.2) is 0 Å². The Morgan fingerprint density at radius 3 is 1.79 bits per heavy atom. The summed E-state index contributed by atoms with van der Waals surface area (Å²) in [5, 5.41) is 0. The van der Waals surface area contributed by atoms with Gasteiger partial charge in [0.2, 0.25) is 0 Å². The molecule has 1 aromatic rings. The normalized spacial score (nSPS) is 16.4. The fourth-order valence-corrected chi connectivity index (χ4v) is 1.32. The highest BCUT2D eigenvalue weighted by Crippen LogP contribution is 2.44. The van der Waals surface area contributed by atoms with Gasteiger partial charge in [0, 0.05) is 0 Å². The molecule has 0 fully saturated rings. The summed E-state index contributed by atoms with van der Waals surface area (Å²) in [6.45, 7) is 8.18. The molecule has 14 heavy (non-hydrogen) atoms. The lowest BCUT2D eigenvalue weighted by Crippen LogP contribution is -2.31. The van der Waals surface area contributed by atoms with Crippen LogP contribution >= 0.6 is 11.6 Å². The predicted molar refractivity (Wildman–Crippen MR) is 59.1 cm³/mol. The minimum absolute atomic E-state index is 0.0631. The first-order valence-corrected chi connectivity index (χ1v) is 5.08. The van der Waals surface area contributed by atoms with Crippen molar-refractivity contribution in [2.24, 2.45) is 5.41 Å². The van der Waals surface area contributed by atoms with Crippen molar-refractivity contribution in [3.8, 4) is 0 Å². The monoisotopic (exact) mass is 214 g/mol. The lowest BCUT2D eigenvalue weighted by atomic mass is 9.77. The molecule has 0 aliphatic heterocycles. The van der Waals surface area contributed by atoms with Gasteiger partial charge in [-0.2, -0.15) is 0 Å². The molecule has 0 aliphatic rings. The topological polar surface area (TPSA) is 0 Å². The van der Waals surface area contributed by atoms with Gasteiger partial charge in [-0.3, -0.25) is 0 Å². The second-order valence-electron chi connectivity index (χ2n) is 4.76. The van der Waals surface area contributed by atoms with Crippen LogP contribution < -0.4 is 0 Å². The first-order valence-electron chi connectivity index (χ1n) is 4.70. The maximum atomic E-state index is 12.7. The van der Waals surface area contributed by atoms with E-state index in [2.05, 4.69) is 20.8 Å². The first kappa shape index (κ1) is 11.5. The summed E-state index contributed by atoms with van der Waals surface area (Å²) in [6, 6.07) is 6.38. The molecule has 0 heterocycles. The van der Waals surface area contributed by atoms with Gasteiger partial charge in [0.1, 0.15) is 5.82 Å². The first-order chi connectivity index (χ1) is 6.25. The molecular weight excluding hydrogens is 199 g/mol. The molecule has 2 heteroatoms. The number of benzene rings is 1. The van der Waals surface area contributed by atoms with Gasteiger partial charge in [-0.25, -0.2) is 4.39 Å². The average Bonchev–Trinajstić information content (AvgIpc) is 2.03. The summed E-state index contributed by atoms with van der Waals surface area (Å²) >= 11 is 6.47. The molecule has 0 saturated heterocycles. The molecule has 0 N–H and O–H groups in total. The minimum Gasteiger partial charge on any atom is -0.207 e. The van der Waals surface area contributed by atoms with E-state index in [1.807, 2.05) is 6.92 Å². The molecule has 0 bridgehead atoms. The molecule has 0 nitrogen and oxygen atoms in total. The highest BCUT2D eigenvalue weighted by atomic mass is 35.5. The van der Waals surface area contributed by atoms with Crippen LogP contribution in [0.15, 0.2) is 24.3 Å². The van der Waals surface area contributed by atoms with Crippen LogP contribution in [0.3, 0.4) is 0 Å². The molecule has 1 unspecified atom stereocenters. The maximum absolute atomic E-state index is 12.7. The van der Waals surface area contributed by atoms with E-state index in [-0.39, 0.29) is 11.2 Å². The Balaban J connectivity index is 3.10. The molecule has 78 valence electrons. The quantitative estimate of drug-likeness (QED) is 0.611. The van der Waals surface area contributed by atoms with Crippen molar-refractivity contribution in [3.05, 3.63) is 35.6 Å². The van der Waals surface area contributed by atoms with Crippen LogP contribution in [0.5, 0.6) is 0 Å². The highest BCUT2D eigenvalue weighted by Gasteiger charge is 2.36. The summed E-state index contributed by atoms with van der Waals surface area (Å²) in [4.78, 5) is -0.472. The standard InChI is InChI=1S/C12H16ClF/c1-11(2,3)12(4,13)9-5-7-10(14)8-6-9/h5-8H,1-4H3. The number of rotatable bonds is 1. The van der Waals surface area contributed by atoms with Gasteiger partial charge in [-0.1, -0.05) is 32.9 Å². The van der Waals surface area contributed by atoms with E-state index in [1.165, 1.54) is 12.1 Å². The van der Waals surface area contributed by atoms with Crippen molar-refractivity contribution in [1.82, 2.24) is 0 Å².